The van der Waals surface area contributed by atoms with Gasteiger partial charge in [0.25, 0.3) is 5.91 Å². The smallest absolute Gasteiger partial charge is 0.274 e. The van der Waals surface area contributed by atoms with Crippen LogP contribution in [0.5, 0.6) is 0 Å². The Kier molecular flexibility index (Phi) is 4.10. The Morgan fingerprint density at radius 3 is 2.74 bits per heavy atom. The summed E-state index contributed by atoms with van der Waals surface area (Å²) in [6, 6.07) is 12.9. The van der Waals surface area contributed by atoms with Crippen molar-refractivity contribution >= 4 is 23.2 Å². The first kappa shape index (κ1) is 15.2. The molecule has 2 heterocycles. The first-order valence-electron chi connectivity index (χ1n) is 7.72. The summed E-state index contributed by atoms with van der Waals surface area (Å²) < 4.78 is 0. The van der Waals surface area contributed by atoms with Crippen molar-refractivity contribution in [3.8, 4) is 0 Å². The highest BCUT2D eigenvalue weighted by Crippen LogP contribution is 2.28. The Morgan fingerprint density at radius 2 is 2.04 bits per heavy atom. The maximum absolute atomic E-state index is 12.3. The fraction of sp³-hybridized carbons (Fsp3) is 0.278. The second kappa shape index (κ2) is 6.20. The molecule has 1 fully saturated rings. The van der Waals surface area contributed by atoms with Crippen molar-refractivity contribution in [2.75, 3.05) is 10.2 Å². The molecule has 0 spiro atoms. The topological polar surface area (TPSA) is 62.3 Å². The molecule has 0 saturated carbocycles. The predicted octanol–water partition coefficient (Wildman–Crippen LogP) is 3.16. The van der Waals surface area contributed by atoms with Crippen molar-refractivity contribution in [3.05, 3.63) is 53.9 Å². The molecular formula is C18H19N3O2. The highest BCUT2D eigenvalue weighted by Gasteiger charge is 2.28. The third-order valence-corrected chi connectivity index (χ3v) is 3.99. The number of aromatic nitrogens is 1. The Hall–Kier alpha value is -2.69. The van der Waals surface area contributed by atoms with Crippen LogP contribution >= 0.6 is 0 Å². The highest BCUT2D eigenvalue weighted by atomic mass is 16.2. The molecule has 23 heavy (non-hydrogen) atoms. The number of rotatable bonds is 3. The molecule has 0 bridgehead atoms. The molecule has 2 aromatic rings. The Labute approximate surface area is 135 Å². The van der Waals surface area contributed by atoms with Gasteiger partial charge in [0, 0.05) is 29.5 Å². The normalized spacial score (nSPS) is 17.4. The lowest BCUT2D eigenvalue weighted by molar-refractivity contribution is -0.117. The van der Waals surface area contributed by atoms with Crippen molar-refractivity contribution in [1.82, 2.24) is 4.98 Å². The van der Waals surface area contributed by atoms with E-state index in [0.717, 1.165) is 17.8 Å². The van der Waals surface area contributed by atoms with E-state index in [9.17, 15) is 9.59 Å². The van der Waals surface area contributed by atoms with E-state index in [2.05, 4.69) is 10.3 Å². The number of nitrogens with zero attached hydrogens (tertiary/aromatic N) is 2. The molecule has 5 nitrogen and oxygen atoms in total. The monoisotopic (exact) mass is 309 g/mol. The van der Waals surface area contributed by atoms with Crippen molar-refractivity contribution in [3.63, 3.8) is 0 Å². The highest BCUT2D eigenvalue weighted by molar-refractivity contribution is 6.03. The molecule has 0 aliphatic carbocycles. The summed E-state index contributed by atoms with van der Waals surface area (Å²) in [4.78, 5) is 30.3. The average molecular weight is 309 g/mol. The lowest BCUT2D eigenvalue weighted by Crippen LogP contribution is -2.30. The second-order valence-corrected chi connectivity index (χ2v) is 5.82. The first-order chi connectivity index (χ1) is 11.0. The van der Waals surface area contributed by atoms with Gasteiger partial charge in [0.15, 0.2) is 0 Å². The van der Waals surface area contributed by atoms with E-state index in [-0.39, 0.29) is 17.9 Å². The van der Waals surface area contributed by atoms with Gasteiger partial charge in [-0.3, -0.25) is 9.59 Å². The molecule has 1 saturated heterocycles. The van der Waals surface area contributed by atoms with E-state index in [1.165, 1.54) is 0 Å². The van der Waals surface area contributed by atoms with Gasteiger partial charge in [-0.25, -0.2) is 4.98 Å². The number of benzene rings is 1. The van der Waals surface area contributed by atoms with E-state index in [1.54, 1.807) is 17.0 Å². The maximum atomic E-state index is 12.3. The summed E-state index contributed by atoms with van der Waals surface area (Å²) in [5, 5.41) is 2.84. The van der Waals surface area contributed by atoms with Gasteiger partial charge >= 0.3 is 0 Å². The van der Waals surface area contributed by atoms with Gasteiger partial charge in [-0.2, -0.15) is 0 Å². The van der Waals surface area contributed by atoms with Crippen LogP contribution < -0.4 is 10.2 Å². The molecule has 0 radical (unpaired) electrons. The Bertz CT molecular complexity index is 757. The van der Waals surface area contributed by atoms with Crippen LogP contribution in [0.3, 0.4) is 0 Å². The van der Waals surface area contributed by atoms with Crippen LogP contribution in [0.1, 0.15) is 35.9 Å². The summed E-state index contributed by atoms with van der Waals surface area (Å²) in [6.07, 6.45) is 1.44. The van der Waals surface area contributed by atoms with Crippen LogP contribution in [0, 0.1) is 6.92 Å². The van der Waals surface area contributed by atoms with E-state index >= 15 is 0 Å². The molecule has 118 valence electrons. The summed E-state index contributed by atoms with van der Waals surface area (Å²) >= 11 is 0. The van der Waals surface area contributed by atoms with Crippen LogP contribution in [-0.4, -0.2) is 22.8 Å². The molecule has 1 aromatic carbocycles. The largest absolute Gasteiger partial charge is 0.321 e. The standard InChI is InChI=1S/C18H19N3O2/c1-12-5-3-8-16(19-12)18(23)20-14-6-4-7-15(11-14)21-13(2)9-10-17(21)22/h3-8,11,13H,9-10H2,1-2H3,(H,20,23)/t13-/m0/s1. The zero-order valence-electron chi connectivity index (χ0n) is 13.2. The molecule has 1 aliphatic rings. The molecule has 0 unspecified atom stereocenters. The zero-order valence-corrected chi connectivity index (χ0v) is 13.2. The lowest BCUT2D eigenvalue weighted by atomic mass is 10.2. The molecule has 2 amide bonds. The molecular weight excluding hydrogens is 290 g/mol. The molecule has 1 N–H and O–H groups in total. The number of hydrogen-bond donors (Lipinski definition) is 1. The van der Waals surface area contributed by atoms with Crippen LogP contribution in [0.2, 0.25) is 0 Å². The molecule has 5 heteroatoms. The molecule has 1 aromatic heterocycles. The fourth-order valence-corrected chi connectivity index (χ4v) is 2.82. The number of carbonyl (C=O) groups excluding carboxylic acids is 2. The van der Waals surface area contributed by atoms with Gasteiger partial charge in [-0.1, -0.05) is 12.1 Å². The minimum atomic E-state index is -0.258. The second-order valence-electron chi connectivity index (χ2n) is 5.82. The molecule has 3 rings (SSSR count). The number of pyridine rings is 1. The number of nitrogens with one attached hydrogen (secondary N) is 1. The van der Waals surface area contributed by atoms with E-state index in [0.29, 0.717) is 17.8 Å². The van der Waals surface area contributed by atoms with Gasteiger partial charge in [0.05, 0.1) is 0 Å². The summed E-state index contributed by atoms with van der Waals surface area (Å²) in [6.45, 7) is 3.88. The van der Waals surface area contributed by atoms with Crippen molar-refractivity contribution in [1.29, 1.82) is 0 Å². The van der Waals surface area contributed by atoms with Crippen LogP contribution in [0.4, 0.5) is 11.4 Å². The first-order valence-corrected chi connectivity index (χ1v) is 7.72. The maximum Gasteiger partial charge on any atom is 0.274 e. The van der Waals surface area contributed by atoms with Gasteiger partial charge < -0.3 is 10.2 Å². The molecule has 1 aliphatic heterocycles. The Morgan fingerprint density at radius 1 is 1.26 bits per heavy atom. The third-order valence-electron chi connectivity index (χ3n) is 3.99. The number of amides is 2. The average Bonchev–Trinajstić information content (AvgIpc) is 2.86. The van der Waals surface area contributed by atoms with Gasteiger partial charge in [0.2, 0.25) is 5.91 Å². The fourth-order valence-electron chi connectivity index (χ4n) is 2.82. The van der Waals surface area contributed by atoms with Gasteiger partial charge in [0.1, 0.15) is 5.69 Å². The quantitative estimate of drug-likeness (QED) is 0.947. The SMILES string of the molecule is Cc1cccc(C(=O)Nc2cccc(N3C(=O)CC[C@@H]3C)c2)n1. The summed E-state index contributed by atoms with van der Waals surface area (Å²) in [5.41, 5.74) is 2.64. The predicted molar refractivity (Wildman–Crippen MR) is 89.6 cm³/mol. The Balaban J connectivity index is 1.80. The van der Waals surface area contributed by atoms with Crippen molar-refractivity contribution < 1.29 is 9.59 Å². The third kappa shape index (κ3) is 3.23. The summed E-state index contributed by atoms with van der Waals surface area (Å²) in [5.74, 6) is -0.132. The van der Waals surface area contributed by atoms with Crippen LogP contribution in [0.15, 0.2) is 42.5 Å². The number of hydrogen-bond acceptors (Lipinski definition) is 3. The van der Waals surface area contributed by atoms with Crippen molar-refractivity contribution in [2.24, 2.45) is 0 Å². The molecule has 1 atom stereocenters. The zero-order chi connectivity index (χ0) is 16.4. The minimum Gasteiger partial charge on any atom is -0.321 e. The van der Waals surface area contributed by atoms with Gasteiger partial charge in [-0.15, -0.1) is 0 Å². The van der Waals surface area contributed by atoms with Crippen LogP contribution in [-0.2, 0) is 4.79 Å². The van der Waals surface area contributed by atoms with E-state index < -0.39 is 0 Å². The summed E-state index contributed by atoms with van der Waals surface area (Å²) in [7, 11) is 0. The lowest BCUT2D eigenvalue weighted by Gasteiger charge is -2.22. The van der Waals surface area contributed by atoms with E-state index in [4.69, 9.17) is 0 Å². The minimum absolute atomic E-state index is 0.126. The van der Waals surface area contributed by atoms with E-state index in [1.807, 2.05) is 44.2 Å². The van der Waals surface area contributed by atoms with Gasteiger partial charge in [-0.05, 0) is 50.6 Å². The number of anilines is 2. The van der Waals surface area contributed by atoms with Crippen molar-refractivity contribution in [2.45, 2.75) is 32.7 Å². The van der Waals surface area contributed by atoms with Crippen LogP contribution in [0.25, 0.3) is 0 Å². The number of carbonyl (C=O) groups is 2. The number of aryl methyl sites for hydroxylation is 1.